The van der Waals surface area contributed by atoms with E-state index in [-0.39, 0.29) is 18.4 Å². The molecule has 1 fully saturated rings. The molecule has 7 nitrogen and oxygen atoms in total. The van der Waals surface area contributed by atoms with Crippen LogP contribution >= 0.6 is 0 Å². The molecule has 3 heterocycles. The van der Waals surface area contributed by atoms with Gasteiger partial charge in [-0.2, -0.15) is 5.10 Å². The molecule has 0 spiro atoms. The number of hydrogen-bond donors (Lipinski definition) is 1. The molecule has 2 aliphatic heterocycles. The Hall–Kier alpha value is -2.03. The van der Waals surface area contributed by atoms with Crippen LogP contribution in [0.1, 0.15) is 64.8 Å². The van der Waals surface area contributed by atoms with Gasteiger partial charge in [0.15, 0.2) is 0 Å². The zero-order valence-corrected chi connectivity index (χ0v) is 18.5. The molecule has 1 saturated heterocycles. The Kier molecular flexibility index (Phi) is 5.97. The number of aromatic nitrogens is 1. The number of hydrogen-bond acceptors (Lipinski definition) is 6. The van der Waals surface area contributed by atoms with E-state index in [1.165, 1.54) is 5.01 Å². The third kappa shape index (κ3) is 4.66. The monoisotopic (exact) mass is 426 g/mol. The number of β-amino-alcohol motifs (C(OH)–C–C–N with tert-alkyl or cyclic N) is 1. The third-order valence-electron chi connectivity index (χ3n) is 5.82. The number of nitrogens with zero attached hydrogens (tertiary/aromatic N) is 4. The van der Waals surface area contributed by atoms with Gasteiger partial charge in [-0.15, -0.1) is 0 Å². The van der Waals surface area contributed by atoms with Crippen LogP contribution in [-0.4, -0.2) is 68.5 Å². The highest BCUT2D eigenvalue weighted by molar-refractivity contribution is 5.96. The van der Waals surface area contributed by atoms with Gasteiger partial charge in [0.2, 0.25) is 5.91 Å². The van der Waals surface area contributed by atoms with Gasteiger partial charge in [0.25, 0.3) is 5.92 Å². The summed E-state index contributed by atoms with van der Waals surface area (Å²) in [7, 11) is 0. The number of aliphatic hydroxyl groups is 1. The molecule has 0 aliphatic carbocycles. The van der Waals surface area contributed by atoms with E-state index in [4.69, 9.17) is 4.52 Å². The number of carbonyl (C=O) groups is 1. The van der Waals surface area contributed by atoms with Crippen molar-refractivity contribution < 1.29 is 23.2 Å². The van der Waals surface area contributed by atoms with Crippen LogP contribution in [-0.2, 0) is 4.79 Å². The Morgan fingerprint density at radius 3 is 2.63 bits per heavy atom. The van der Waals surface area contributed by atoms with E-state index >= 15 is 0 Å². The fourth-order valence-corrected chi connectivity index (χ4v) is 4.37. The number of rotatable bonds is 6. The van der Waals surface area contributed by atoms with E-state index in [0.29, 0.717) is 30.0 Å². The zero-order chi connectivity index (χ0) is 22.4. The molecule has 3 unspecified atom stereocenters. The molecule has 3 atom stereocenters. The topological polar surface area (TPSA) is 82.2 Å². The largest absolute Gasteiger partial charge is 0.391 e. The molecule has 168 valence electrons. The van der Waals surface area contributed by atoms with Crippen LogP contribution in [0.3, 0.4) is 0 Å². The summed E-state index contributed by atoms with van der Waals surface area (Å²) in [6.07, 6.45) is 0.116. The van der Waals surface area contributed by atoms with E-state index in [2.05, 4.69) is 10.3 Å². The predicted molar refractivity (Wildman–Crippen MR) is 108 cm³/mol. The molecule has 0 radical (unpaired) electrons. The van der Waals surface area contributed by atoms with Crippen molar-refractivity contribution in [3.63, 3.8) is 0 Å². The maximum Gasteiger partial charge on any atom is 0.264 e. The summed E-state index contributed by atoms with van der Waals surface area (Å²) < 4.78 is 32.7. The maximum atomic E-state index is 13.6. The van der Waals surface area contributed by atoms with Crippen molar-refractivity contribution in [1.82, 2.24) is 15.1 Å². The van der Waals surface area contributed by atoms with E-state index < -0.39 is 36.1 Å². The highest BCUT2D eigenvalue weighted by Crippen LogP contribution is 2.36. The minimum atomic E-state index is -2.88. The Balaban J connectivity index is 1.88. The van der Waals surface area contributed by atoms with Crippen molar-refractivity contribution in [3.05, 3.63) is 17.5 Å². The van der Waals surface area contributed by atoms with Gasteiger partial charge >= 0.3 is 0 Å². The molecule has 0 bridgehead atoms. The van der Waals surface area contributed by atoms with Crippen LogP contribution in [0.2, 0.25) is 0 Å². The van der Waals surface area contributed by atoms with Crippen LogP contribution < -0.4 is 0 Å². The second kappa shape index (κ2) is 7.90. The van der Waals surface area contributed by atoms with E-state index in [1.54, 1.807) is 17.9 Å². The molecule has 0 saturated carbocycles. The molecule has 3 rings (SSSR count). The van der Waals surface area contributed by atoms with E-state index in [1.807, 2.05) is 27.7 Å². The maximum absolute atomic E-state index is 13.6. The first-order valence-electron chi connectivity index (χ1n) is 10.4. The average molecular weight is 427 g/mol. The fourth-order valence-electron chi connectivity index (χ4n) is 4.37. The van der Waals surface area contributed by atoms with Crippen molar-refractivity contribution in [2.24, 2.45) is 11.0 Å². The van der Waals surface area contributed by atoms with Gasteiger partial charge < -0.3 is 14.5 Å². The molecular formula is C21H32F2N4O3. The number of hydrazone groups is 1. The summed E-state index contributed by atoms with van der Waals surface area (Å²) in [5, 5.41) is 20.1. The summed E-state index contributed by atoms with van der Waals surface area (Å²) >= 11 is 0. The van der Waals surface area contributed by atoms with Crippen molar-refractivity contribution in [2.75, 3.05) is 13.1 Å². The fraction of sp³-hybridized carbons (Fsp3) is 0.762. The van der Waals surface area contributed by atoms with Gasteiger partial charge in [0.1, 0.15) is 18.2 Å². The van der Waals surface area contributed by atoms with Crippen LogP contribution in [0.4, 0.5) is 8.78 Å². The number of aryl methyl sites for hydroxylation is 1. The van der Waals surface area contributed by atoms with Gasteiger partial charge in [-0.3, -0.25) is 9.80 Å². The molecule has 0 aromatic carbocycles. The number of alkyl halides is 2. The lowest BCUT2D eigenvalue weighted by Crippen LogP contribution is -2.45. The second-order valence-corrected chi connectivity index (χ2v) is 9.70. The Morgan fingerprint density at radius 1 is 1.43 bits per heavy atom. The molecule has 30 heavy (non-hydrogen) atoms. The third-order valence-corrected chi connectivity index (χ3v) is 5.82. The molecular weight excluding hydrogens is 394 g/mol. The second-order valence-electron chi connectivity index (χ2n) is 9.70. The van der Waals surface area contributed by atoms with E-state index in [0.717, 1.165) is 6.92 Å². The lowest BCUT2D eigenvalue weighted by atomic mass is 9.90. The quantitative estimate of drug-likeness (QED) is 0.756. The summed E-state index contributed by atoms with van der Waals surface area (Å²) in [6, 6.07) is 1.33. The Labute approximate surface area is 176 Å². The predicted octanol–water partition coefficient (Wildman–Crippen LogP) is 3.18. The van der Waals surface area contributed by atoms with Crippen molar-refractivity contribution >= 4 is 11.6 Å². The first kappa shape index (κ1) is 22.7. The van der Waals surface area contributed by atoms with Crippen LogP contribution in [0.15, 0.2) is 15.7 Å². The Morgan fingerprint density at radius 2 is 2.10 bits per heavy atom. The van der Waals surface area contributed by atoms with Crippen LogP contribution in [0, 0.1) is 12.8 Å². The number of amides is 1. The minimum Gasteiger partial charge on any atom is -0.391 e. The first-order chi connectivity index (χ1) is 13.8. The molecule has 9 heteroatoms. The Bertz CT molecular complexity index is 815. The summed E-state index contributed by atoms with van der Waals surface area (Å²) in [6.45, 7) is 9.96. The average Bonchev–Trinajstić information content (AvgIpc) is 3.24. The molecule has 1 aromatic heterocycles. The zero-order valence-electron chi connectivity index (χ0n) is 18.5. The highest BCUT2D eigenvalue weighted by atomic mass is 19.3. The van der Waals surface area contributed by atoms with E-state index in [9.17, 15) is 18.7 Å². The molecule has 1 N–H and O–H groups in total. The molecule has 1 amide bonds. The number of halogens is 2. The molecule has 2 aliphatic rings. The highest BCUT2D eigenvalue weighted by Gasteiger charge is 2.47. The molecule has 1 aromatic rings. The lowest BCUT2D eigenvalue weighted by molar-refractivity contribution is -0.134. The van der Waals surface area contributed by atoms with Crippen LogP contribution in [0.25, 0.3) is 0 Å². The smallest absolute Gasteiger partial charge is 0.264 e. The number of carbonyl (C=O) groups excluding carboxylic acids is 1. The minimum absolute atomic E-state index is 0.0412. The van der Waals surface area contributed by atoms with Crippen molar-refractivity contribution in [1.29, 1.82) is 0 Å². The lowest BCUT2D eigenvalue weighted by Gasteiger charge is -2.32. The summed E-state index contributed by atoms with van der Waals surface area (Å²) in [4.78, 5) is 15.2. The first-order valence-corrected chi connectivity index (χ1v) is 10.4. The van der Waals surface area contributed by atoms with Crippen molar-refractivity contribution in [2.45, 2.75) is 83.9 Å². The van der Waals surface area contributed by atoms with Crippen LogP contribution in [0.5, 0.6) is 0 Å². The van der Waals surface area contributed by atoms with Gasteiger partial charge in [0.05, 0.1) is 29.1 Å². The van der Waals surface area contributed by atoms with Crippen molar-refractivity contribution in [3.8, 4) is 0 Å². The normalized spacial score (nSPS) is 25.2. The summed E-state index contributed by atoms with van der Waals surface area (Å²) in [5.74, 6) is -3.13. The van der Waals surface area contributed by atoms with Gasteiger partial charge in [-0.05, 0) is 26.7 Å². The number of likely N-dealkylation sites (tertiary alicyclic amines) is 1. The number of aliphatic hydroxyl groups excluding tert-OH is 1. The van der Waals surface area contributed by atoms with Gasteiger partial charge in [0, 0.05) is 32.4 Å². The standard InChI is InChI=1S/C21H32F2N4O3/c1-12(2)18(17-7-13(3)25-30-17)19(29)26-10-14(28)8-16(26)15-9-20(4,5)27(24-15)11-21(6,22)23/h7,12,14,16,18,28H,8-11H2,1-6H3. The SMILES string of the molecule is Cc1cc(C(C(=O)N2CC(O)CC2C2=NN(CC(C)(F)F)C(C)(C)C2)C(C)C)on1. The van der Waals surface area contributed by atoms with Gasteiger partial charge in [-0.1, -0.05) is 19.0 Å². The van der Waals surface area contributed by atoms with Gasteiger partial charge in [-0.25, -0.2) is 8.78 Å². The summed E-state index contributed by atoms with van der Waals surface area (Å²) in [5.41, 5.74) is 0.765.